The molecule has 0 aliphatic carbocycles. The maximum Gasteiger partial charge on any atom is 0.132 e. The molecule has 0 bridgehead atoms. The van der Waals surface area contributed by atoms with Gasteiger partial charge in [0.2, 0.25) is 0 Å². The standard InChI is InChI=1S/C10H16N2O2/c1-9(2)7-8(10(3,4)14-9)12-6(5-13)11-7/h13H,5H2,1-4H3,(H,11,12). The number of aliphatic hydroxyl groups is 1. The topological polar surface area (TPSA) is 58.1 Å². The second-order valence-corrected chi connectivity index (χ2v) is 4.69. The van der Waals surface area contributed by atoms with Crippen molar-refractivity contribution in [1.29, 1.82) is 0 Å². The van der Waals surface area contributed by atoms with E-state index in [-0.39, 0.29) is 17.8 Å². The fourth-order valence-corrected chi connectivity index (χ4v) is 2.11. The van der Waals surface area contributed by atoms with E-state index in [9.17, 15) is 0 Å². The van der Waals surface area contributed by atoms with Crippen LogP contribution in [0.1, 0.15) is 44.9 Å². The second kappa shape index (κ2) is 2.58. The van der Waals surface area contributed by atoms with E-state index in [1.54, 1.807) is 0 Å². The molecule has 0 saturated carbocycles. The Bertz CT molecular complexity index is 335. The SMILES string of the molecule is CC1(C)OC(C)(C)c2[nH]c(CO)nc21. The first-order valence-electron chi connectivity index (χ1n) is 4.78. The third-order valence-electron chi connectivity index (χ3n) is 2.59. The molecule has 1 aromatic rings. The molecule has 0 radical (unpaired) electrons. The van der Waals surface area contributed by atoms with Gasteiger partial charge in [0.1, 0.15) is 23.6 Å². The number of hydrogen-bond donors (Lipinski definition) is 2. The Kier molecular flexibility index (Phi) is 1.78. The summed E-state index contributed by atoms with van der Waals surface area (Å²) < 4.78 is 5.87. The van der Waals surface area contributed by atoms with Crippen LogP contribution in [0.25, 0.3) is 0 Å². The minimum atomic E-state index is -0.372. The molecule has 4 nitrogen and oxygen atoms in total. The summed E-state index contributed by atoms with van der Waals surface area (Å²) >= 11 is 0. The molecule has 0 spiro atoms. The van der Waals surface area contributed by atoms with Gasteiger partial charge >= 0.3 is 0 Å². The van der Waals surface area contributed by atoms with Gasteiger partial charge in [-0.15, -0.1) is 0 Å². The van der Waals surface area contributed by atoms with Crippen molar-refractivity contribution in [1.82, 2.24) is 9.97 Å². The molecule has 1 aliphatic rings. The lowest BCUT2D eigenvalue weighted by Gasteiger charge is -2.24. The Morgan fingerprint density at radius 3 is 2.43 bits per heavy atom. The van der Waals surface area contributed by atoms with Crippen LogP contribution in [0.5, 0.6) is 0 Å². The lowest BCUT2D eigenvalue weighted by Crippen LogP contribution is -2.24. The van der Waals surface area contributed by atoms with Crippen molar-refractivity contribution in [3.63, 3.8) is 0 Å². The quantitative estimate of drug-likeness (QED) is 0.713. The first-order valence-corrected chi connectivity index (χ1v) is 4.78. The molecule has 1 aromatic heterocycles. The van der Waals surface area contributed by atoms with Gasteiger partial charge in [0, 0.05) is 0 Å². The molecular weight excluding hydrogens is 180 g/mol. The second-order valence-electron chi connectivity index (χ2n) is 4.69. The number of aromatic amines is 1. The molecule has 0 saturated heterocycles. The highest BCUT2D eigenvalue weighted by Gasteiger charge is 2.46. The average Bonchev–Trinajstić information content (AvgIpc) is 2.51. The number of H-pyrrole nitrogens is 1. The van der Waals surface area contributed by atoms with Crippen LogP contribution in [0.15, 0.2) is 0 Å². The molecule has 1 aliphatic heterocycles. The van der Waals surface area contributed by atoms with Gasteiger partial charge in [0.15, 0.2) is 0 Å². The Labute approximate surface area is 83.3 Å². The minimum Gasteiger partial charge on any atom is -0.388 e. The van der Waals surface area contributed by atoms with Gasteiger partial charge in [-0.25, -0.2) is 4.98 Å². The number of aromatic nitrogens is 2. The van der Waals surface area contributed by atoms with Crippen molar-refractivity contribution in [2.75, 3.05) is 0 Å². The molecule has 4 heteroatoms. The summed E-state index contributed by atoms with van der Waals surface area (Å²) in [5.41, 5.74) is 1.17. The molecule has 78 valence electrons. The summed E-state index contributed by atoms with van der Waals surface area (Å²) in [5.74, 6) is 0.611. The van der Waals surface area contributed by atoms with Gasteiger partial charge in [-0.3, -0.25) is 0 Å². The molecule has 0 unspecified atom stereocenters. The third kappa shape index (κ3) is 1.18. The van der Waals surface area contributed by atoms with Gasteiger partial charge in [0.05, 0.1) is 11.4 Å². The van der Waals surface area contributed by atoms with Crippen molar-refractivity contribution in [2.24, 2.45) is 0 Å². The fraction of sp³-hybridized carbons (Fsp3) is 0.700. The number of ether oxygens (including phenoxy) is 1. The predicted molar refractivity (Wildman–Crippen MR) is 51.6 cm³/mol. The molecule has 2 N–H and O–H groups in total. The number of fused-ring (bicyclic) bond motifs is 1. The first kappa shape index (κ1) is 9.68. The Morgan fingerprint density at radius 2 is 1.93 bits per heavy atom. The van der Waals surface area contributed by atoms with Crippen LogP contribution < -0.4 is 0 Å². The summed E-state index contributed by atoms with van der Waals surface area (Å²) in [6.45, 7) is 7.92. The number of rotatable bonds is 1. The Morgan fingerprint density at radius 1 is 1.29 bits per heavy atom. The molecule has 0 amide bonds. The van der Waals surface area contributed by atoms with E-state index in [2.05, 4.69) is 9.97 Å². The van der Waals surface area contributed by atoms with Crippen LogP contribution >= 0.6 is 0 Å². The molecule has 0 aromatic carbocycles. The van der Waals surface area contributed by atoms with Crippen LogP contribution in [-0.2, 0) is 22.5 Å². The predicted octanol–water partition coefficient (Wildman–Crippen LogP) is 1.40. The number of imidazole rings is 1. The van der Waals surface area contributed by atoms with E-state index >= 15 is 0 Å². The van der Waals surface area contributed by atoms with E-state index in [0.29, 0.717) is 5.82 Å². The lowest BCUT2D eigenvalue weighted by atomic mass is 10.0. The summed E-state index contributed by atoms with van der Waals surface area (Å²) in [6.07, 6.45) is 0. The fourth-order valence-electron chi connectivity index (χ4n) is 2.11. The molecule has 14 heavy (non-hydrogen) atoms. The number of nitrogens with one attached hydrogen (secondary N) is 1. The van der Waals surface area contributed by atoms with E-state index in [1.165, 1.54) is 0 Å². The Balaban J connectivity index is 2.56. The van der Waals surface area contributed by atoms with E-state index in [0.717, 1.165) is 11.4 Å². The zero-order chi connectivity index (χ0) is 10.6. The summed E-state index contributed by atoms with van der Waals surface area (Å²) in [5, 5.41) is 9.00. The Hall–Kier alpha value is -0.870. The highest BCUT2D eigenvalue weighted by atomic mass is 16.5. The highest BCUT2D eigenvalue weighted by molar-refractivity contribution is 5.30. The number of aliphatic hydroxyl groups excluding tert-OH is 1. The van der Waals surface area contributed by atoms with Crippen LogP contribution in [0.4, 0.5) is 0 Å². The van der Waals surface area contributed by atoms with Gasteiger partial charge in [0.25, 0.3) is 0 Å². The smallest absolute Gasteiger partial charge is 0.132 e. The normalized spacial score (nSPS) is 22.4. The maximum atomic E-state index is 9.00. The number of hydrogen-bond acceptors (Lipinski definition) is 3. The molecular formula is C10H16N2O2. The zero-order valence-electron chi connectivity index (χ0n) is 9.01. The summed E-state index contributed by atoms with van der Waals surface area (Å²) in [4.78, 5) is 7.43. The third-order valence-corrected chi connectivity index (χ3v) is 2.59. The van der Waals surface area contributed by atoms with Crippen molar-refractivity contribution in [3.05, 3.63) is 17.2 Å². The molecule has 0 atom stereocenters. The van der Waals surface area contributed by atoms with Gasteiger partial charge in [-0.05, 0) is 27.7 Å². The van der Waals surface area contributed by atoms with E-state index in [4.69, 9.17) is 9.84 Å². The maximum absolute atomic E-state index is 9.00. The first-order chi connectivity index (χ1) is 6.37. The van der Waals surface area contributed by atoms with E-state index < -0.39 is 0 Å². The highest BCUT2D eigenvalue weighted by Crippen LogP contribution is 2.44. The van der Waals surface area contributed by atoms with Crippen molar-refractivity contribution >= 4 is 0 Å². The van der Waals surface area contributed by atoms with Crippen LogP contribution in [0.3, 0.4) is 0 Å². The van der Waals surface area contributed by atoms with Gasteiger partial charge in [-0.2, -0.15) is 0 Å². The average molecular weight is 196 g/mol. The molecule has 2 rings (SSSR count). The monoisotopic (exact) mass is 196 g/mol. The molecule has 2 heterocycles. The van der Waals surface area contributed by atoms with Gasteiger partial charge in [-0.1, -0.05) is 0 Å². The van der Waals surface area contributed by atoms with Crippen molar-refractivity contribution in [3.8, 4) is 0 Å². The lowest BCUT2D eigenvalue weighted by molar-refractivity contribution is -0.108. The van der Waals surface area contributed by atoms with Gasteiger partial charge < -0.3 is 14.8 Å². The van der Waals surface area contributed by atoms with Crippen LogP contribution in [0.2, 0.25) is 0 Å². The van der Waals surface area contributed by atoms with Crippen LogP contribution in [-0.4, -0.2) is 15.1 Å². The zero-order valence-corrected chi connectivity index (χ0v) is 9.01. The molecule has 0 fully saturated rings. The largest absolute Gasteiger partial charge is 0.388 e. The van der Waals surface area contributed by atoms with Crippen molar-refractivity contribution in [2.45, 2.75) is 45.5 Å². The number of nitrogens with zero attached hydrogens (tertiary/aromatic N) is 1. The minimum absolute atomic E-state index is 0.0564. The summed E-state index contributed by atoms with van der Waals surface area (Å²) in [6, 6.07) is 0. The van der Waals surface area contributed by atoms with Crippen molar-refractivity contribution < 1.29 is 9.84 Å². The van der Waals surface area contributed by atoms with E-state index in [1.807, 2.05) is 27.7 Å². The van der Waals surface area contributed by atoms with Crippen LogP contribution in [0, 0.1) is 0 Å². The summed E-state index contributed by atoms with van der Waals surface area (Å²) in [7, 11) is 0.